The van der Waals surface area contributed by atoms with E-state index in [1.54, 1.807) is 14.0 Å². The van der Waals surface area contributed by atoms with E-state index in [1.807, 2.05) is 0 Å². The van der Waals surface area contributed by atoms with Gasteiger partial charge in [0.1, 0.15) is 5.15 Å². The molecule has 4 nitrogen and oxygen atoms in total. The largest absolute Gasteiger partial charge is 0.322 e. The highest BCUT2D eigenvalue weighted by molar-refractivity contribution is 6.31. The molecule has 0 atom stereocenters. The first-order valence-electron chi connectivity index (χ1n) is 6.01. The van der Waals surface area contributed by atoms with Crippen LogP contribution in [0.3, 0.4) is 0 Å². The summed E-state index contributed by atoms with van der Waals surface area (Å²) >= 11 is 6.02. The monoisotopic (exact) mass is 311 g/mol. The van der Waals surface area contributed by atoms with Crippen molar-refractivity contribution in [3.63, 3.8) is 0 Å². The lowest BCUT2D eigenvalue weighted by atomic mass is 10.2. The van der Waals surface area contributed by atoms with Crippen LogP contribution in [0.25, 0.3) is 6.08 Å². The van der Waals surface area contributed by atoms with Crippen LogP contribution >= 0.6 is 11.6 Å². The number of benzene rings is 1. The lowest BCUT2D eigenvalue weighted by Gasteiger charge is -2.02. The topological polar surface area (TPSA) is 46.9 Å². The van der Waals surface area contributed by atoms with Crippen molar-refractivity contribution in [2.24, 2.45) is 7.05 Å². The number of halogens is 3. The molecule has 2 rings (SSSR count). The van der Waals surface area contributed by atoms with Crippen molar-refractivity contribution in [1.29, 1.82) is 0 Å². The molecule has 0 unspecified atom stereocenters. The molecule has 0 aliphatic carbocycles. The smallest absolute Gasteiger partial charge is 0.248 e. The summed E-state index contributed by atoms with van der Waals surface area (Å²) < 4.78 is 27.3. The predicted molar refractivity (Wildman–Crippen MR) is 77.0 cm³/mol. The van der Waals surface area contributed by atoms with Crippen molar-refractivity contribution < 1.29 is 13.6 Å². The highest BCUT2D eigenvalue weighted by atomic mass is 35.5. The zero-order valence-electron chi connectivity index (χ0n) is 11.3. The van der Waals surface area contributed by atoms with E-state index in [2.05, 4.69) is 10.4 Å². The van der Waals surface area contributed by atoms with Crippen molar-refractivity contribution in [1.82, 2.24) is 9.78 Å². The molecule has 0 bridgehead atoms. The van der Waals surface area contributed by atoms with Crippen LogP contribution < -0.4 is 5.32 Å². The van der Waals surface area contributed by atoms with Crippen molar-refractivity contribution >= 4 is 29.3 Å². The number of hydrogen-bond acceptors (Lipinski definition) is 2. The van der Waals surface area contributed by atoms with E-state index in [9.17, 15) is 13.6 Å². The van der Waals surface area contributed by atoms with Gasteiger partial charge < -0.3 is 5.32 Å². The summed E-state index contributed by atoms with van der Waals surface area (Å²) in [5.74, 6) is -2.48. The lowest BCUT2D eigenvalue weighted by Crippen LogP contribution is -2.08. The zero-order valence-corrected chi connectivity index (χ0v) is 12.1. The number of aryl methyl sites for hydroxylation is 2. The van der Waals surface area contributed by atoms with Gasteiger partial charge in [-0.2, -0.15) is 5.10 Å². The van der Waals surface area contributed by atoms with Crippen LogP contribution in [0.2, 0.25) is 5.15 Å². The fraction of sp³-hybridized carbons (Fsp3) is 0.143. The molecule has 110 valence electrons. The Morgan fingerprint density at radius 2 is 2.10 bits per heavy atom. The van der Waals surface area contributed by atoms with E-state index in [0.29, 0.717) is 16.4 Å². The third-order valence-corrected chi connectivity index (χ3v) is 3.23. The second-order valence-corrected chi connectivity index (χ2v) is 4.72. The van der Waals surface area contributed by atoms with Gasteiger partial charge >= 0.3 is 0 Å². The molecule has 2 aromatic rings. The maximum absolute atomic E-state index is 13.0. The summed E-state index contributed by atoms with van der Waals surface area (Å²) in [5, 5.41) is 6.93. The summed E-state index contributed by atoms with van der Waals surface area (Å²) in [6, 6.07) is 3.12. The fourth-order valence-electron chi connectivity index (χ4n) is 1.75. The Hall–Kier alpha value is -2.21. The number of rotatable bonds is 3. The highest BCUT2D eigenvalue weighted by Crippen LogP contribution is 2.20. The molecule has 1 heterocycles. The van der Waals surface area contributed by atoms with E-state index < -0.39 is 17.5 Å². The van der Waals surface area contributed by atoms with E-state index in [-0.39, 0.29) is 5.69 Å². The fourth-order valence-corrected chi connectivity index (χ4v) is 1.99. The van der Waals surface area contributed by atoms with E-state index >= 15 is 0 Å². The van der Waals surface area contributed by atoms with E-state index in [0.717, 1.165) is 12.1 Å². The molecule has 1 aromatic heterocycles. The molecule has 0 aliphatic heterocycles. The number of anilines is 1. The first kappa shape index (κ1) is 15.2. The lowest BCUT2D eigenvalue weighted by molar-refractivity contribution is -0.111. The molecule has 1 N–H and O–H groups in total. The van der Waals surface area contributed by atoms with Crippen LogP contribution in [0.5, 0.6) is 0 Å². The quantitative estimate of drug-likeness (QED) is 0.884. The van der Waals surface area contributed by atoms with Crippen LogP contribution in [-0.2, 0) is 11.8 Å². The first-order chi connectivity index (χ1) is 9.88. The minimum Gasteiger partial charge on any atom is -0.322 e. The summed E-state index contributed by atoms with van der Waals surface area (Å²) in [6.07, 6.45) is 2.76. The molecular weight excluding hydrogens is 300 g/mol. The Kier molecular flexibility index (Phi) is 4.37. The molecule has 0 radical (unpaired) electrons. The predicted octanol–water partition coefficient (Wildman–Crippen LogP) is 3.31. The molecule has 21 heavy (non-hydrogen) atoms. The number of carbonyl (C=O) groups excluding carboxylic acids is 1. The summed E-state index contributed by atoms with van der Waals surface area (Å²) in [4.78, 5) is 11.7. The average Bonchev–Trinajstić information content (AvgIpc) is 2.66. The van der Waals surface area contributed by atoms with Gasteiger partial charge in [-0.3, -0.25) is 9.48 Å². The van der Waals surface area contributed by atoms with Gasteiger partial charge in [0.25, 0.3) is 0 Å². The van der Waals surface area contributed by atoms with Crippen LogP contribution in [0.15, 0.2) is 24.3 Å². The number of carbonyl (C=O) groups is 1. The number of aromatic nitrogens is 2. The van der Waals surface area contributed by atoms with Crippen LogP contribution in [0.1, 0.15) is 11.3 Å². The number of amides is 1. The number of hydrogen-bond donors (Lipinski definition) is 1. The molecule has 0 aliphatic rings. The normalized spacial score (nSPS) is 11.1. The second kappa shape index (κ2) is 6.05. The first-order valence-corrected chi connectivity index (χ1v) is 6.39. The summed E-state index contributed by atoms with van der Waals surface area (Å²) in [6.45, 7) is 1.76. The second-order valence-electron chi connectivity index (χ2n) is 4.36. The van der Waals surface area contributed by atoms with Gasteiger partial charge in [-0.25, -0.2) is 8.78 Å². The van der Waals surface area contributed by atoms with Gasteiger partial charge in [-0.05, 0) is 25.1 Å². The molecule has 1 aromatic carbocycles. The standard InChI is InChI=1S/C14H12ClF2N3O/c1-8-10(14(15)20(2)19-8)4-6-13(21)18-9-3-5-11(16)12(17)7-9/h3-7H,1-2H3,(H,18,21)/b6-4+. The van der Waals surface area contributed by atoms with Gasteiger partial charge in [0.05, 0.1) is 5.69 Å². The maximum Gasteiger partial charge on any atom is 0.248 e. The van der Waals surface area contributed by atoms with Crippen molar-refractivity contribution in [2.75, 3.05) is 5.32 Å². The Balaban J connectivity index is 2.11. The van der Waals surface area contributed by atoms with Crippen LogP contribution in [0, 0.1) is 18.6 Å². The zero-order chi connectivity index (χ0) is 15.6. The molecule has 0 saturated heterocycles. The van der Waals surface area contributed by atoms with E-state index in [1.165, 1.54) is 22.9 Å². The summed E-state index contributed by atoms with van der Waals surface area (Å²) in [5.41, 5.74) is 1.47. The van der Waals surface area contributed by atoms with Crippen molar-refractivity contribution in [2.45, 2.75) is 6.92 Å². The third-order valence-electron chi connectivity index (χ3n) is 2.78. The third kappa shape index (κ3) is 3.46. The highest BCUT2D eigenvalue weighted by Gasteiger charge is 2.09. The molecule has 0 fully saturated rings. The molecule has 0 spiro atoms. The minimum absolute atomic E-state index is 0.164. The Morgan fingerprint density at radius 1 is 1.38 bits per heavy atom. The Bertz CT molecular complexity index is 725. The number of nitrogens with one attached hydrogen (secondary N) is 1. The Morgan fingerprint density at radius 3 is 2.67 bits per heavy atom. The molecular formula is C14H12ClF2N3O. The van der Waals surface area contributed by atoms with Crippen LogP contribution in [0.4, 0.5) is 14.5 Å². The Labute approximate surface area is 125 Å². The molecule has 1 amide bonds. The van der Waals surface area contributed by atoms with Crippen LogP contribution in [-0.4, -0.2) is 15.7 Å². The van der Waals surface area contributed by atoms with Crippen molar-refractivity contribution in [3.8, 4) is 0 Å². The van der Waals surface area contributed by atoms with Crippen molar-refractivity contribution in [3.05, 3.63) is 52.3 Å². The van der Waals surface area contributed by atoms with Gasteiger partial charge in [0.2, 0.25) is 5.91 Å². The average molecular weight is 312 g/mol. The SMILES string of the molecule is Cc1nn(C)c(Cl)c1/C=C/C(=O)Nc1ccc(F)c(F)c1. The van der Waals surface area contributed by atoms with Gasteiger partial charge in [-0.15, -0.1) is 0 Å². The summed E-state index contributed by atoms with van der Waals surface area (Å²) in [7, 11) is 1.69. The molecule has 0 saturated carbocycles. The van der Waals surface area contributed by atoms with E-state index in [4.69, 9.17) is 11.6 Å². The maximum atomic E-state index is 13.0. The minimum atomic E-state index is -1.03. The van der Waals surface area contributed by atoms with Gasteiger partial charge in [0.15, 0.2) is 11.6 Å². The van der Waals surface area contributed by atoms with Gasteiger partial charge in [-0.1, -0.05) is 11.6 Å². The number of nitrogens with zero attached hydrogens (tertiary/aromatic N) is 2. The molecule has 7 heteroatoms. The van der Waals surface area contributed by atoms with Gasteiger partial charge in [0, 0.05) is 30.4 Å².